The highest BCUT2D eigenvalue weighted by molar-refractivity contribution is 9.10. The van der Waals surface area contributed by atoms with Crippen molar-refractivity contribution >= 4 is 21.8 Å². The van der Waals surface area contributed by atoms with Gasteiger partial charge in [0.25, 0.3) is 11.9 Å². The van der Waals surface area contributed by atoms with Gasteiger partial charge in [0.15, 0.2) is 5.82 Å². The monoisotopic (exact) mass is 522 g/mol. The summed E-state index contributed by atoms with van der Waals surface area (Å²) in [5, 5.41) is 4.07. The molecule has 32 heavy (non-hydrogen) atoms. The Balaban J connectivity index is 2.01. The van der Waals surface area contributed by atoms with Crippen LogP contribution < -0.4 is 0 Å². The number of carbonyl (C=O) groups excluding carboxylic acids is 1. The molecular formula is C18H13BrF6N6O. The number of carbonyl (C=O) groups is 1. The van der Waals surface area contributed by atoms with E-state index in [1.807, 2.05) is 0 Å². The van der Waals surface area contributed by atoms with Crippen molar-refractivity contribution in [3.63, 3.8) is 0 Å². The van der Waals surface area contributed by atoms with Crippen LogP contribution in [-0.2, 0) is 12.4 Å². The van der Waals surface area contributed by atoms with Crippen LogP contribution in [0.3, 0.4) is 0 Å². The van der Waals surface area contributed by atoms with Crippen LogP contribution in [0.1, 0.15) is 40.3 Å². The minimum atomic E-state index is -5.07. The lowest BCUT2D eigenvalue weighted by atomic mass is 10.0. The van der Waals surface area contributed by atoms with Crippen molar-refractivity contribution in [1.29, 1.82) is 0 Å². The number of benzene rings is 1. The molecule has 1 atom stereocenters. The first kappa shape index (κ1) is 23.6. The lowest BCUT2D eigenvalue weighted by molar-refractivity contribution is -0.143. The fourth-order valence-electron chi connectivity index (χ4n) is 2.75. The first-order valence-corrected chi connectivity index (χ1v) is 9.55. The van der Waals surface area contributed by atoms with Crippen molar-refractivity contribution in [2.24, 2.45) is 0 Å². The lowest BCUT2D eigenvalue weighted by Gasteiger charge is -2.25. The van der Waals surface area contributed by atoms with E-state index in [9.17, 15) is 31.1 Å². The van der Waals surface area contributed by atoms with Crippen molar-refractivity contribution in [3.8, 4) is 5.95 Å². The Hall–Kier alpha value is -3.03. The second-order valence-electron chi connectivity index (χ2n) is 6.59. The SMILES string of the molecule is CC(c1nc(Br)nn1-c1ncccn1)N(C)C(=O)c1cc(C(F)(F)F)cc(C(F)(F)F)c1. The third-order valence-corrected chi connectivity index (χ3v) is 4.79. The van der Waals surface area contributed by atoms with Crippen LogP contribution in [0, 0.1) is 0 Å². The molecule has 0 aliphatic rings. The summed E-state index contributed by atoms with van der Waals surface area (Å²) in [6, 6.07) is 1.35. The zero-order valence-corrected chi connectivity index (χ0v) is 17.9. The molecule has 0 N–H and O–H groups in total. The van der Waals surface area contributed by atoms with Crippen LogP contribution in [0.2, 0.25) is 0 Å². The third kappa shape index (κ3) is 4.89. The summed E-state index contributed by atoms with van der Waals surface area (Å²) in [5.41, 5.74) is -3.94. The van der Waals surface area contributed by atoms with Gasteiger partial charge < -0.3 is 4.90 Å². The zero-order valence-electron chi connectivity index (χ0n) is 16.3. The van der Waals surface area contributed by atoms with Crippen molar-refractivity contribution in [2.75, 3.05) is 7.05 Å². The Morgan fingerprint density at radius 3 is 2.06 bits per heavy atom. The molecule has 2 aromatic heterocycles. The van der Waals surface area contributed by atoms with Gasteiger partial charge in [0.2, 0.25) is 4.73 Å². The quantitative estimate of drug-likeness (QED) is 0.464. The van der Waals surface area contributed by atoms with Gasteiger partial charge in [-0.15, -0.1) is 5.10 Å². The average Bonchev–Trinajstić information content (AvgIpc) is 3.12. The summed E-state index contributed by atoms with van der Waals surface area (Å²) in [6.07, 6.45) is -7.28. The summed E-state index contributed by atoms with van der Waals surface area (Å²) in [4.78, 5) is 26.0. The molecule has 1 amide bonds. The molecule has 7 nitrogen and oxygen atoms in total. The highest BCUT2D eigenvalue weighted by Gasteiger charge is 2.38. The number of hydrogen-bond donors (Lipinski definition) is 0. The van der Waals surface area contributed by atoms with Crippen molar-refractivity contribution in [2.45, 2.75) is 25.3 Å². The van der Waals surface area contributed by atoms with Crippen LogP contribution in [0.5, 0.6) is 0 Å². The number of hydrogen-bond acceptors (Lipinski definition) is 5. The first-order valence-electron chi connectivity index (χ1n) is 8.75. The lowest BCUT2D eigenvalue weighted by Crippen LogP contribution is -2.32. The molecule has 0 aliphatic heterocycles. The molecule has 0 spiro atoms. The molecule has 0 radical (unpaired) electrons. The Bertz CT molecular complexity index is 1100. The molecule has 1 aromatic carbocycles. The van der Waals surface area contributed by atoms with Crippen molar-refractivity contribution in [1.82, 2.24) is 29.6 Å². The summed E-state index contributed by atoms with van der Waals surface area (Å²) in [6.45, 7) is 1.48. The number of aromatic nitrogens is 5. The van der Waals surface area contributed by atoms with E-state index < -0.39 is 41.0 Å². The van der Waals surface area contributed by atoms with Gasteiger partial charge >= 0.3 is 12.4 Å². The minimum Gasteiger partial charge on any atom is -0.332 e. The molecule has 14 heteroatoms. The van der Waals surface area contributed by atoms with Gasteiger partial charge in [-0.25, -0.2) is 15.0 Å². The van der Waals surface area contributed by atoms with E-state index in [0.29, 0.717) is 12.1 Å². The van der Waals surface area contributed by atoms with E-state index in [2.05, 4.69) is 36.0 Å². The van der Waals surface area contributed by atoms with E-state index in [-0.39, 0.29) is 22.6 Å². The molecule has 0 bridgehead atoms. The van der Waals surface area contributed by atoms with Gasteiger partial charge in [-0.2, -0.15) is 31.0 Å². The topological polar surface area (TPSA) is 76.8 Å². The first-order chi connectivity index (χ1) is 14.8. The molecular weight excluding hydrogens is 510 g/mol. The maximum absolute atomic E-state index is 13.1. The van der Waals surface area contributed by atoms with Crippen LogP contribution in [0.15, 0.2) is 41.4 Å². The molecule has 0 saturated carbocycles. The molecule has 0 aliphatic carbocycles. The maximum atomic E-state index is 13.1. The Morgan fingerprint density at radius 1 is 1.03 bits per heavy atom. The summed E-state index contributed by atoms with van der Waals surface area (Å²) in [5.74, 6) is -0.845. The largest absolute Gasteiger partial charge is 0.416 e. The molecule has 2 heterocycles. The van der Waals surface area contributed by atoms with Crippen LogP contribution in [0.4, 0.5) is 26.3 Å². The highest BCUT2D eigenvalue weighted by Crippen LogP contribution is 2.37. The highest BCUT2D eigenvalue weighted by atomic mass is 79.9. The predicted molar refractivity (Wildman–Crippen MR) is 102 cm³/mol. The zero-order chi connectivity index (χ0) is 23.8. The number of nitrogens with zero attached hydrogens (tertiary/aromatic N) is 6. The number of halogens is 7. The molecule has 1 unspecified atom stereocenters. The summed E-state index contributed by atoms with van der Waals surface area (Å²) >= 11 is 3.09. The Kier molecular flexibility index (Phi) is 6.26. The molecule has 0 saturated heterocycles. The number of rotatable bonds is 4. The standard InChI is InChI=1S/C18H13BrF6N6O/c1-9(13-28-15(19)29-31(13)16-26-4-3-5-27-16)30(2)14(32)10-6-11(17(20,21)22)8-12(7-10)18(23,24)25/h3-9H,1-2H3. The van der Waals surface area contributed by atoms with E-state index in [1.165, 1.54) is 31.0 Å². The average molecular weight is 523 g/mol. The predicted octanol–water partition coefficient (Wildman–Crippen LogP) is 4.69. The second kappa shape index (κ2) is 8.48. The van der Waals surface area contributed by atoms with E-state index in [4.69, 9.17) is 0 Å². The van der Waals surface area contributed by atoms with Gasteiger partial charge in [-0.3, -0.25) is 4.79 Å². The van der Waals surface area contributed by atoms with E-state index in [0.717, 1.165) is 4.90 Å². The van der Waals surface area contributed by atoms with Crippen molar-refractivity contribution in [3.05, 3.63) is 63.9 Å². The smallest absolute Gasteiger partial charge is 0.332 e. The summed E-state index contributed by atoms with van der Waals surface area (Å²) < 4.78 is 80.1. The minimum absolute atomic E-state index is 0.0410. The fraction of sp³-hybridized carbons (Fsp3) is 0.278. The van der Waals surface area contributed by atoms with E-state index >= 15 is 0 Å². The van der Waals surface area contributed by atoms with E-state index in [1.54, 1.807) is 6.07 Å². The van der Waals surface area contributed by atoms with Crippen LogP contribution >= 0.6 is 15.9 Å². The normalized spacial score (nSPS) is 13.2. The molecule has 3 aromatic rings. The Labute approximate surface area is 185 Å². The van der Waals surface area contributed by atoms with Crippen LogP contribution in [0.25, 0.3) is 5.95 Å². The number of amides is 1. The van der Waals surface area contributed by atoms with Gasteiger partial charge in [0, 0.05) is 25.0 Å². The number of alkyl halides is 6. The van der Waals surface area contributed by atoms with Gasteiger partial charge in [0.05, 0.1) is 17.2 Å². The molecule has 0 fully saturated rings. The van der Waals surface area contributed by atoms with Gasteiger partial charge in [0.1, 0.15) is 0 Å². The fourth-order valence-corrected chi connectivity index (χ4v) is 3.09. The molecule has 170 valence electrons. The second-order valence-corrected chi connectivity index (χ2v) is 7.30. The van der Waals surface area contributed by atoms with Gasteiger partial charge in [-0.05, 0) is 47.1 Å². The summed E-state index contributed by atoms with van der Waals surface area (Å²) in [7, 11) is 1.22. The maximum Gasteiger partial charge on any atom is 0.416 e. The third-order valence-electron chi connectivity index (χ3n) is 4.46. The molecule has 3 rings (SSSR count). The van der Waals surface area contributed by atoms with Gasteiger partial charge in [-0.1, -0.05) is 0 Å². The van der Waals surface area contributed by atoms with Crippen molar-refractivity contribution < 1.29 is 31.1 Å². The Morgan fingerprint density at radius 2 is 1.56 bits per heavy atom. The van der Waals surface area contributed by atoms with Crippen LogP contribution in [-0.4, -0.2) is 42.6 Å².